The molecule has 1 aromatic heterocycles. The smallest absolute Gasteiger partial charge is 0.360 e. The Labute approximate surface area is 121 Å². The number of nitrogens with zero attached hydrogens (tertiary/aromatic N) is 2. The second-order valence-corrected chi connectivity index (χ2v) is 5.16. The molecule has 1 amide bonds. The molecule has 8 heteroatoms. The van der Waals surface area contributed by atoms with Gasteiger partial charge in [-0.05, 0) is 18.5 Å². The third kappa shape index (κ3) is 4.93. The Bertz CT molecular complexity index is 528. The summed E-state index contributed by atoms with van der Waals surface area (Å²) in [6, 6.07) is 0.647. The molecule has 7 nitrogen and oxygen atoms in total. The van der Waals surface area contributed by atoms with E-state index in [0.29, 0.717) is 0 Å². The molecule has 0 spiro atoms. The highest BCUT2D eigenvalue weighted by Crippen LogP contribution is 2.15. The third-order valence-electron chi connectivity index (χ3n) is 2.07. The van der Waals surface area contributed by atoms with Crippen molar-refractivity contribution in [2.45, 2.75) is 32.4 Å². The highest BCUT2D eigenvalue weighted by Gasteiger charge is 2.26. The summed E-state index contributed by atoms with van der Waals surface area (Å²) in [4.78, 5) is 30.4. The van der Waals surface area contributed by atoms with E-state index >= 15 is 0 Å². The van der Waals surface area contributed by atoms with Gasteiger partial charge in [-0.1, -0.05) is 0 Å². The van der Waals surface area contributed by atoms with E-state index in [9.17, 15) is 9.59 Å². The van der Waals surface area contributed by atoms with E-state index in [4.69, 9.17) is 22.1 Å². The van der Waals surface area contributed by atoms with Gasteiger partial charge in [0.25, 0.3) is 0 Å². The van der Waals surface area contributed by atoms with Crippen LogP contribution >= 0.6 is 11.6 Å². The zero-order valence-electron chi connectivity index (χ0n) is 11.4. The van der Waals surface area contributed by atoms with Crippen molar-refractivity contribution in [1.29, 1.82) is 0 Å². The molecule has 1 rings (SSSR count). The predicted octanol–water partition coefficient (Wildman–Crippen LogP) is 1.19. The van der Waals surface area contributed by atoms with Gasteiger partial charge in [0.2, 0.25) is 16.8 Å². The van der Waals surface area contributed by atoms with Crippen LogP contribution in [0.4, 0.5) is 5.82 Å². The number of carbonyl (C=O) groups is 2. The number of hydrogen-bond donors (Lipinski definition) is 2. The summed E-state index contributed by atoms with van der Waals surface area (Å²) in [6.07, 6.45) is 0. The van der Waals surface area contributed by atoms with Crippen molar-refractivity contribution in [2.75, 3.05) is 5.32 Å². The van der Waals surface area contributed by atoms with Crippen LogP contribution < -0.4 is 11.1 Å². The number of nitrogens with two attached hydrogens (primary N) is 1. The molecule has 1 aromatic rings. The van der Waals surface area contributed by atoms with Gasteiger partial charge in [0.1, 0.15) is 18.8 Å². The number of esters is 1. The number of carbonyl (C=O) groups excluding carboxylic acids is 2. The predicted molar refractivity (Wildman–Crippen MR) is 74.2 cm³/mol. The minimum atomic E-state index is -0.900. The van der Waals surface area contributed by atoms with Gasteiger partial charge in [-0.25, -0.2) is 14.8 Å². The number of anilines is 1. The van der Waals surface area contributed by atoms with E-state index in [0.717, 1.165) is 0 Å². The average molecular weight is 300 g/mol. The topological polar surface area (TPSA) is 107 Å². The molecule has 20 heavy (non-hydrogen) atoms. The SMILES string of the molecule is [CH2+]C(C)(C)OC(=O)c1cc(N[C@@H](C)C(N)=O)nc(Cl)n1. The van der Waals surface area contributed by atoms with Gasteiger partial charge in [-0.3, -0.25) is 4.79 Å². The molecule has 0 saturated heterocycles. The summed E-state index contributed by atoms with van der Waals surface area (Å²) in [7, 11) is 0. The normalized spacial score (nSPS) is 12.6. The number of ether oxygens (including phenoxy) is 1. The van der Waals surface area contributed by atoms with Crippen molar-refractivity contribution in [3.8, 4) is 0 Å². The van der Waals surface area contributed by atoms with E-state index in [-0.39, 0.29) is 16.8 Å². The fraction of sp³-hybridized carbons (Fsp3) is 0.417. The number of nitrogens with one attached hydrogen (secondary N) is 1. The largest absolute Gasteiger partial charge is 0.414 e. The molecule has 1 atom stereocenters. The van der Waals surface area contributed by atoms with Crippen molar-refractivity contribution in [1.82, 2.24) is 9.97 Å². The summed E-state index contributed by atoms with van der Waals surface area (Å²) in [5, 5.41) is 2.55. The lowest BCUT2D eigenvalue weighted by molar-refractivity contribution is -0.118. The molecule has 0 saturated carbocycles. The lowest BCUT2D eigenvalue weighted by Gasteiger charge is -2.14. The van der Waals surface area contributed by atoms with E-state index < -0.39 is 23.5 Å². The van der Waals surface area contributed by atoms with Crippen molar-refractivity contribution < 1.29 is 14.3 Å². The molecule has 3 N–H and O–H groups in total. The van der Waals surface area contributed by atoms with Gasteiger partial charge in [0.05, 0.1) is 0 Å². The van der Waals surface area contributed by atoms with E-state index in [1.807, 2.05) is 0 Å². The van der Waals surface area contributed by atoms with Crippen LogP contribution in [-0.2, 0) is 9.53 Å². The number of aromatic nitrogens is 2. The molecular weight excluding hydrogens is 284 g/mol. The highest BCUT2D eigenvalue weighted by molar-refractivity contribution is 6.28. The Morgan fingerprint density at radius 2 is 2.10 bits per heavy atom. The maximum absolute atomic E-state index is 11.9. The molecule has 0 aliphatic rings. The monoisotopic (exact) mass is 299 g/mol. The van der Waals surface area contributed by atoms with Crippen LogP contribution in [-0.4, -0.2) is 33.5 Å². The van der Waals surface area contributed by atoms with Crippen LogP contribution in [0.1, 0.15) is 31.3 Å². The van der Waals surface area contributed by atoms with Gasteiger partial charge in [-0.2, -0.15) is 0 Å². The van der Waals surface area contributed by atoms with Gasteiger partial charge in [0.15, 0.2) is 5.69 Å². The highest BCUT2D eigenvalue weighted by atomic mass is 35.5. The van der Waals surface area contributed by atoms with Crippen LogP contribution in [0.3, 0.4) is 0 Å². The first-order valence-electron chi connectivity index (χ1n) is 5.77. The van der Waals surface area contributed by atoms with Gasteiger partial charge >= 0.3 is 5.97 Å². The van der Waals surface area contributed by atoms with Crippen LogP contribution in [0.15, 0.2) is 6.07 Å². The summed E-state index contributed by atoms with van der Waals surface area (Å²) in [5.74, 6) is -1.06. The summed E-state index contributed by atoms with van der Waals surface area (Å²) in [6.45, 7) is 8.46. The first kappa shape index (κ1) is 16.0. The minimum absolute atomic E-state index is 0.0408. The lowest BCUT2D eigenvalue weighted by Crippen LogP contribution is -2.33. The van der Waals surface area contributed by atoms with Gasteiger partial charge in [0, 0.05) is 19.9 Å². The first-order chi connectivity index (χ1) is 9.08. The fourth-order valence-electron chi connectivity index (χ4n) is 1.19. The molecule has 0 aliphatic heterocycles. The Morgan fingerprint density at radius 3 is 2.60 bits per heavy atom. The second-order valence-electron chi connectivity index (χ2n) is 4.83. The van der Waals surface area contributed by atoms with Crippen LogP contribution in [0.25, 0.3) is 0 Å². The molecule has 0 fully saturated rings. The molecular formula is C12H16ClN4O3+. The summed E-state index contributed by atoms with van der Waals surface area (Å²) >= 11 is 5.73. The Balaban J connectivity index is 2.97. The van der Waals surface area contributed by atoms with Crippen molar-refractivity contribution in [3.63, 3.8) is 0 Å². The van der Waals surface area contributed by atoms with Gasteiger partial charge in [-0.15, -0.1) is 0 Å². The Morgan fingerprint density at radius 1 is 1.50 bits per heavy atom. The quantitative estimate of drug-likeness (QED) is 0.480. The molecule has 0 aliphatic carbocycles. The Kier molecular flexibility index (Phi) is 4.78. The molecule has 0 radical (unpaired) electrons. The Hall–Kier alpha value is -2.02. The lowest BCUT2D eigenvalue weighted by atomic mass is 10.2. The fourth-order valence-corrected chi connectivity index (χ4v) is 1.37. The maximum atomic E-state index is 11.9. The van der Waals surface area contributed by atoms with Crippen LogP contribution in [0.5, 0.6) is 0 Å². The number of amides is 1. The molecule has 1 heterocycles. The van der Waals surface area contributed by atoms with Gasteiger partial charge < -0.3 is 15.8 Å². The number of halogens is 1. The molecule has 108 valence electrons. The standard InChI is InChI=1S/C12H15ClN4O3/c1-6(9(14)18)15-8-5-7(16-11(13)17-8)10(19)20-12(2,3)4/h5-6H,2H2,1,3-4H3,(H2-,14,15,16,17,18)/p+1/t6-/m0/s1. The minimum Gasteiger partial charge on any atom is -0.414 e. The van der Waals surface area contributed by atoms with E-state index in [2.05, 4.69) is 22.2 Å². The van der Waals surface area contributed by atoms with E-state index in [1.54, 1.807) is 20.8 Å². The third-order valence-corrected chi connectivity index (χ3v) is 2.24. The first-order valence-corrected chi connectivity index (χ1v) is 6.15. The average Bonchev–Trinajstić information content (AvgIpc) is 2.25. The number of rotatable bonds is 5. The van der Waals surface area contributed by atoms with Crippen LogP contribution in [0.2, 0.25) is 5.28 Å². The van der Waals surface area contributed by atoms with Crippen molar-refractivity contribution in [3.05, 3.63) is 24.0 Å². The van der Waals surface area contributed by atoms with Crippen molar-refractivity contribution in [2.24, 2.45) is 5.73 Å². The maximum Gasteiger partial charge on any atom is 0.360 e. The van der Waals surface area contributed by atoms with Crippen LogP contribution in [0, 0.1) is 6.92 Å². The van der Waals surface area contributed by atoms with E-state index in [1.165, 1.54) is 6.07 Å². The molecule has 0 bridgehead atoms. The molecule has 0 aromatic carbocycles. The van der Waals surface area contributed by atoms with Crippen molar-refractivity contribution >= 4 is 29.3 Å². The second kappa shape index (κ2) is 5.96. The zero-order valence-corrected chi connectivity index (χ0v) is 12.2. The summed E-state index contributed by atoms with van der Waals surface area (Å²) < 4.78 is 5.07. The molecule has 0 unspecified atom stereocenters. The summed E-state index contributed by atoms with van der Waals surface area (Å²) in [5.41, 5.74) is 4.18. The number of primary amides is 1. The number of hydrogen-bond acceptors (Lipinski definition) is 6. The zero-order chi connectivity index (χ0) is 15.5.